The van der Waals surface area contributed by atoms with Gasteiger partial charge in [-0.25, -0.2) is 9.07 Å². The molecule has 0 saturated carbocycles. The van der Waals surface area contributed by atoms with E-state index in [1.807, 2.05) is 31.2 Å². The first kappa shape index (κ1) is 18.3. The quantitative estimate of drug-likeness (QED) is 0.702. The van der Waals surface area contributed by atoms with Crippen molar-refractivity contribution < 1.29 is 13.9 Å². The first-order valence-electron chi connectivity index (χ1n) is 8.61. The van der Waals surface area contributed by atoms with Gasteiger partial charge in [0.2, 0.25) is 11.1 Å². The lowest BCUT2D eigenvalue weighted by Gasteiger charge is -2.32. The lowest BCUT2D eigenvalue weighted by atomic mass is 10.0. The van der Waals surface area contributed by atoms with Crippen LogP contribution < -0.4 is 15.5 Å². The molecule has 2 atom stereocenters. The fourth-order valence-corrected chi connectivity index (χ4v) is 4.09. The molecule has 9 heteroatoms. The van der Waals surface area contributed by atoms with Gasteiger partial charge in [-0.1, -0.05) is 23.9 Å². The molecule has 0 spiro atoms. The first-order valence-corrected chi connectivity index (χ1v) is 9.49. The summed E-state index contributed by atoms with van der Waals surface area (Å²) in [5, 5.41) is 11.2. The molecule has 1 aliphatic heterocycles. The van der Waals surface area contributed by atoms with Crippen molar-refractivity contribution in [2.75, 3.05) is 17.9 Å². The molecule has 2 unspecified atom stereocenters. The number of aromatic nitrogens is 3. The topological polar surface area (TPSA) is 81.1 Å². The highest BCUT2D eigenvalue weighted by atomic mass is 32.2. The summed E-state index contributed by atoms with van der Waals surface area (Å²) in [6.07, 6.45) is 0. The number of carbonyl (C=O) groups is 1. The van der Waals surface area contributed by atoms with Gasteiger partial charge in [-0.15, -0.1) is 10.2 Å². The van der Waals surface area contributed by atoms with Gasteiger partial charge < -0.3 is 15.5 Å². The molecule has 7 nitrogen and oxygen atoms in total. The van der Waals surface area contributed by atoms with E-state index in [0.717, 1.165) is 11.3 Å². The van der Waals surface area contributed by atoms with Crippen molar-refractivity contribution >= 4 is 23.4 Å². The summed E-state index contributed by atoms with van der Waals surface area (Å²) in [6.45, 7) is 1.84. The van der Waals surface area contributed by atoms with E-state index in [4.69, 9.17) is 4.74 Å². The van der Waals surface area contributed by atoms with E-state index in [-0.39, 0.29) is 17.8 Å². The van der Waals surface area contributed by atoms with Crippen molar-refractivity contribution in [1.82, 2.24) is 14.9 Å². The van der Waals surface area contributed by atoms with E-state index in [0.29, 0.717) is 16.7 Å². The van der Waals surface area contributed by atoms with Crippen molar-refractivity contribution in [3.8, 4) is 5.75 Å². The molecule has 1 aromatic heterocycles. The molecule has 1 aliphatic rings. The third-order valence-corrected chi connectivity index (χ3v) is 5.66. The van der Waals surface area contributed by atoms with E-state index < -0.39 is 5.25 Å². The van der Waals surface area contributed by atoms with E-state index in [1.54, 1.807) is 11.8 Å². The van der Waals surface area contributed by atoms with Crippen LogP contribution in [-0.4, -0.2) is 33.1 Å². The molecule has 144 valence electrons. The van der Waals surface area contributed by atoms with E-state index in [9.17, 15) is 9.18 Å². The van der Waals surface area contributed by atoms with Gasteiger partial charge in [0, 0.05) is 5.69 Å². The number of halogens is 1. The number of hydrogen-bond acceptors (Lipinski definition) is 6. The second-order valence-corrected chi connectivity index (χ2v) is 7.39. The second kappa shape index (κ2) is 7.51. The molecule has 28 heavy (non-hydrogen) atoms. The maximum Gasteiger partial charge on any atom is 0.240 e. The average molecular weight is 399 g/mol. The maximum absolute atomic E-state index is 13.1. The summed E-state index contributed by atoms with van der Waals surface area (Å²) in [5.74, 6) is 0.877. The predicted molar refractivity (Wildman–Crippen MR) is 105 cm³/mol. The molecule has 3 aromatic rings. The summed E-state index contributed by atoms with van der Waals surface area (Å²) in [5.41, 5.74) is 4.79. The summed E-state index contributed by atoms with van der Waals surface area (Å²) >= 11 is 1.33. The Labute approximate surface area is 165 Å². The lowest BCUT2D eigenvalue weighted by Crippen LogP contribution is -2.41. The predicted octanol–water partition coefficient (Wildman–Crippen LogP) is 3.13. The summed E-state index contributed by atoms with van der Waals surface area (Å²) in [6, 6.07) is 12.9. The van der Waals surface area contributed by atoms with Gasteiger partial charge in [-0.2, -0.15) is 0 Å². The highest BCUT2D eigenvalue weighted by Gasteiger charge is 2.37. The van der Waals surface area contributed by atoms with Crippen LogP contribution in [-0.2, 0) is 4.79 Å². The Balaban J connectivity index is 1.64. The van der Waals surface area contributed by atoms with Crippen LogP contribution in [0.3, 0.4) is 0 Å². The van der Waals surface area contributed by atoms with Crippen LogP contribution in [0.25, 0.3) is 0 Å². The Bertz CT molecular complexity index is 991. The molecule has 1 amide bonds. The third-order valence-electron chi connectivity index (χ3n) is 4.44. The highest BCUT2D eigenvalue weighted by Crippen LogP contribution is 2.37. The Kier molecular flexibility index (Phi) is 4.91. The molecule has 0 radical (unpaired) electrons. The molecule has 2 N–H and O–H groups in total. The zero-order valence-electron chi connectivity index (χ0n) is 15.2. The zero-order valence-corrected chi connectivity index (χ0v) is 16.0. The standard InChI is InChI=1S/C19H18FN5O2S/c1-11-22-23-19-25(11)24-16(12-3-9-15(27-2)10-4-12)17(28-19)18(26)21-14-7-5-13(20)6-8-14/h3-10,16-17,24H,1-2H3,(H,21,26). The fourth-order valence-electron chi connectivity index (χ4n) is 2.97. The van der Waals surface area contributed by atoms with Crippen molar-refractivity contribution in [3.05, 3.63) is 65.7 Å². The van der Waals surface area contributed by atoms with Gasteiger partial charge in [0.1, 0.15) is 22.6 Å². The number of anilines is 1. The number of carbonyl (C=O) groups excluding carboxylic acids is 1. The smallest absolute Gasteiger partial charge is 0.240 e. The van der Waals surface area contributed by atoms with Crippen LogP contribution in [0.2, 0.25) is 0 Å². The largest absolute Gasteiger partial charge is 0.497 e. The SMILES string of the molecule is COc1ccc(C2Nn3c(C)nnc3SC2C(=O)Nc2ccc(F)cc2)cc1. The van der Waals surface area contributed by atoms with Crippen LogP contribution in [0.5, 0.6) is 5.75 Å². The Morgan fingerprint density at radius 3 is 2.57 bits per heavy atom. The molecule has 2 aromatic carbocycles. The molecule has 0 saturated heterocycles. The lowest BCUT2D eigenvalue weighted by molar-refractivity contribution is -0.116. The van der Waals surface area contributed by atoms with Crippen LogP contribution in [0.1, 0.15) is 17.4 Å². The van der Waals surface area contributed by atoms with Crippen LogP contribution in [0.4, 0.5) is 10.1 Å². The minimum Gasteiger partial charge on any atom is -0.497 e. The highest BCUT2D eigenvalue weighted by molar-refractivity contribution is 8.00. The average Bonchev–Trinajstić information content (AvgIpc) is 3.09. The van der Waals surface area contributed by atoms with Crippen molar-refractivity contribution in [3.63, 3.8) is 0 Å². The van der Waals surface area contributed by atoms with Gasteiger partial charge in [0.25, 0.3) is 0 Å². The minimum absolute atomic E-state index is 0.211. The number of amides is 1. The maximum atomic E-state index is 13.1. The summed E-state index contributed by atoms with van der Waals surface area (Å²) < 4.78 is 20.1. The van der Waals surface area contributed by atoms with E-state index in [1.165, 1.54) is 36.0 Å². The van der Waals surface area contributed by atoms with Gasteiger partial charge in [0.05, 0.1) is 13.2 Å². The molecular weight excluding hydrogens is 381 g/mol. The molecule has 0 bridgehead atoms. The molecule has 0 aliphatic carbocycles. The molecule has 2 heterocycles. The van der Waals surface area contributed by atoms with Crippen LogP contribution in [0.15, 0.2) is 53.7 Å². The Morgan fingerprint density at radius 1 is 1.18 bits per heavy atom. The number of ether oxygens (including phenoxy) is 1. The Hall–Kier alpha value is -3.07. The van der Waals surface area contributed by atoms with E-state index >= 15 is 0 Å². The van der Waals surface area contributed by atoms with Crippen LogP contribution >= 0.6 is 11.8 Å². The minimum atomic E-state index is -0.505. The number of benzene rings is 2. The molecular formula is C19H18FN5O2S. The number of aryl methyl sites for hydroxylation is 1. The fraction of sp³-hybridized carbons (Fsp3) is 0.211. The molecule has 0 fully saturated rings. The van der Waals surface area contributed by atoms with Gasteiger partial charge >= 0.3 is 0 Å². The third kappa shape index (κ3) is 3.53. The second-order valence-electron chi connectivity index (χ2n) is 6.28. The summed E-state index contributed by atoms with van der Waals surface area (Å²) in [4.78, 5) is 13.0. The van der Waals surface area contributed by atoms with Crippen molar-refractivity contribution in [1.29, 1.82) is 0 Å². The van der Waals surface area contributed by atoms with Gasteiger partial charge in [0.15, 0.2) is 0 Å². The number of rotatable bonds is 4. The number of nitrogens with one attached hydrogen (secondary N) is 2. The van der Waals surface area contributed by atoms with Crippen molar-refractivity contribution in [2.45, 2.75) is 23.4 Å². The number of methoxy groups -OCH3 is 1. The number of nitrogens with zero attached hydrogens (tertiary/aromatic N) is 3. The van der Waals surface area contributed by atoms with Gasteiger partial charge in [-0.05, 0) is 48.9 Å². The molecule has 4 rings (SSSR count). The monoisotopic (exact) mass is 399 g/mol. The van der Waals surface area contributed by atoms with Crippen LogP contribution in [0, 0.1) is 12.7 Å². The van der Waals surface area contributed by atoms with E-state index in [2.05, 4.69) is 20.9 Å². The number of thioether (sulfide) groups is 1. The Morgan fingerprint density at radius 2 is 1.89 bits per heavy atom. The zero-order chi connectivity index (χ0) is 19.7. The summed E-state index contributed by atoms with van der Waals surface area (Å²) in [7, 11) is 1.61. The first-order chi connectivity index (χ1) is 13.5. The van der Waals surface area contributed by atoms with Gasteiger partial charge in [-0.3, -0.25) is 4.79 Å². The number of fused-ring (bicyclic) bond motifs is 1. The van der Waals surface area contributed by atoms with Crippen molar-refractivity contribution in [2.24, 2.45) is 0 Å². The normalized spacial score (nSPS) is 18.1. The number of hydrogen-bond donors (Lipinski definition) is 2.